The van der Waals surface area contributed by atoms with Crippen LogP contribution in [0.2, 0.25) is 0 Å². The molecule has 0 aromatic heterocycles. The molecule has 0 atom stereocenters. The van der Waals surface area contributed by atoms with E-state index in [9.17, 15) is 4.79 Å². The molecule has 0 spiro atoms. The van der Waals surface area contributed by atoms with Gasteiger partial charge in [-0.25, -0.2) is 0 Å². The van der Waals surface area contributed by atoms with E-state index in [2.05, 4.69) is 27.7 Å². The molecule has 0 aliphatic heterocycles. The second-order valence-electron chi connectivity index (χ2n) is 6.05. The van der Waals surface area contributed by atoms with Crippen LogP contribution in [0.3, 0.4) is 0 Å². The van der Waals surface area contributed by atoms with Crippen molar-refractivity contribution in [2.75, 3.05) is 19.8 Å². The van der Waals surface area contributed by atoms with Crippen LogP contribution >= 0.6 is 0 Å². The van der Waals surface area contributed by atoms with Gasteiger partial charge in [-0.1, -0.05) is 27.7 Å². The maximum Gasteiger partial charge on any atom is 0.308 e. The minimum atomic E-state index is -0.128. The Labute approximate surface area is 105 Å². The van der Waals surface area contributed by atoms with Crippen molar-refractivity contribution in [3.63, 3.8) is 0 Å². The molecule has 0 heterocycles. The number of carbonyl (C=O) groups excluding carboxylic acids is 1. The van der Waals surface area contributed by atoms with Crippen LogP contribution in [-0.4, -0.2) is 25.8 Å². The van der Waals surface area contributed by atoms with Crippen LogP contribution in [0.5, 0.6) is 0 Å². The highest BCUT2D eigenvalue weighted by molar-refractivity contribution is 5.69. The van der Waals surface area contributed by atoms with E-state index in [1.54, 1.807) is 0 Å². The highest BCUT2D eigenvalue weighted by atomic mass is 16.5. The molecule has 0 saturated heterocycles. The largest absolute Gasteiger partial charge is 0.465 e. The molecule has 0 aromatic carbocycles. The smallest absolute Gasteiger partial charge is 0.308 e. The molecule has 0 amide bonds. The number of hydrogen-bond donors (Lipinski definition) is 0. The van der Waals surface area contributed by atoms with E-state index >= 15 is 0 Å². The highest BCUT2D eigenvalue weighted by Crippen LogP contribution is 2.58. The Hall–Kier alpha value is -0.570. The zero-order chi connectivity index (χ0) is 12.9. The number of carbonyl (C=O) groups is 1. The second-order valence-corrected chi connectivity index (χ2v) is 6.05. The second kappa shape index (κ2) is 5.85. The molecule has 3 nitrogen and oxygen atoms in total. The third kappa shape index (κ3) is 4.30. The van der Waals surface area contributed by atoms with Gasteiger partial charge in [-0.05, 0) is 24.7 Å². The molecule has 1 fully saturated rings. The molecule has 0 aromatic rings. The lowest BCUT2D eigenvalue weighted by Gasteiger charge is -2.30. The zero-order valence-electron chi connectivity index (χ0n) is 11.7. The Balaban J connectivity index is 2.16. The zero-order valence-corrected chi connectivity index (χ0v) is 11.7. The van der Waals surface area contributed by atoms with Gasteiger partial charge in [-0.2, -0.15) is 0 Å². The summed E-state index contributed by atoms with van der Waals surface area (Å²) < 4.78 is 10.6. The molecular weight excluding hydrogens is 216 g/mol. The van der Waals surface area contributed by atoms with Crippen LogP contribution in [0.1, 0.15) is 53.4 Å². The van der Waals surface area contributed by atoms with Gasteiger partial charge in [0.05, 0.1) is 19.6 Å². The van der Waals surface area contributed by atoms with Crippen LogP contribution in [0.15, 0.2) is 0 Å². The monoisotopic (exact) mass is 242 g/mol. The summed E-state index contributed by atoms with van der Waals surface area (Å²) in [6, 6.07) is 0. The summed E-state index contributed by atoms with van der Waals surface area (Å²) in [5.41, 5.74) is 0.457. The molecule has 0 unspecified atom stereocenters. The summed E-state index contributed by atoms with van der Waals surface area (Å²) in [4.78, 5) is 11.5. The molecule has 1 saturated carbocycles. The lowest BCUT2D eigenvalue weighted by atomic mass is 9.78. The predicted molar refractivity (Wildman–Crippen MR) is 67.8 cm³/mol. The minimum Gasteiger partial charge on any atom is -0.465 e. The van der Waals surface area contributed by atoms with Crippen molar-refractivity contribution in [3.8, 4) is 0 Å². The summed E-state index contributed by atoms with van der Waals surface area (Å²) in [5, 5.41) is 0. The normalized spacial score (nSPS) is 17.9. The SMILES string of the molecule is CCCOCCC(=O)OCC1(C(C)(C)C)CC1. The first-order valence-corrected chi connectivity index (χ1v) is 6.65. The summed E-state index contributed by atoms with van der Waals surface area (Å²) in [6.45, 7) is 10.5. The molecule has 0 bridgehead atoms. The summed E-state index contributed by atoms with van der Waals surface area (Å²) >= 11 is 0. The van der Waals surface area contributed by atoms with Crippen molar-refractivity contribution in [1.82, 2.24) is 0 Å². The van der Waals surface area contributed by atoms with Crippen molar-refractivity contribution in [2.24, 2.45) is 10.8 Å². The van der Waals surface area contributed by atoms with E-state index in [0.717, 1.165) is 13.0 Å². The van der Waals surface area contributed by atoms with Crippen LogP contribution in [0.4, 0.5) is 0 Å². The van der Waals surface area contributed by atoms with Gasteiger partial charge in [0.15, 0.2) is 0 Å². The van der Waals surface area contributed by atoms with Crippen LogP contribution in [-0.2, 0) is 14.3 Å². The third-order valence-corrected chi connectivity index (χ3v) is 3.75. The highest BCUT2D eigenvalue weighted by Gasteiger charge is 2.52. The van der Waals surface area contributed by atoms with Gasteiger partial charge in [-0.15, -0.1) is 0 Å². The van der Waals surface area contributed by atoms with E-state index in [-0.39, 0.29) is 16.8 Å². The summed E-state index contributed by atoms with van der Waals surface area (Å²) in [6.07, 6.45) is 3.72. The van der Waals surface area contributed by atoms with Crippen LogP contribution < -0.4 is 0 Å². The third-order valence-electron chi connectivity index (χ3n) is 3.75. The Morgan fingerprint density at radius 2 is 1.88 bits per heavy atom. The number of ether oxygens (including phenoxy) is 2. The minimum absolute atomic E-state index is 0.128. The molecule has 1 rings (SSSR count). The number of esters is 1. The van der Waals surface area contributed by atoms with E-state index in [1.165, 1.54) is 12.8 Å². The lowest BCUT2D eigenvalue weighted by Crippen LogP contribution is -2.28. The molecule has 17 heavy (non-hydrogen) atoms. The standard InChI is InChI=1S/C14H26O3/c1-5-9-16-10-6-12(15)17-11-14(7-8-14)13(2,3)4/h5-11H2,1-4H3. The lowest BCUT2D eigenvalue weighted by molar-refractivity contribution is -0.148. The van der Waals surface area contributed by atoms with Crippen molar-refractivity contribution in [3.05, 3.63) is 0 Å². The van der Waals surface area contributed by atoms with Gasteiger partial charge >= 0.3 is 5.97 Å². The van der Waals surface area contributed by atoms with Crippen molar-refractivity contribution in [2.45, 2.75) is 53.4 Å². The Morgan fingerprint density at radius 3 is 2.35 bits per heavy atom. The summed E-state index contributed by atoms with van der Waals surface area (Å²) in [5.74, 6) is -0.128. The summed E-state index contributed by atoms with van der Waals surface area (Å²) in [7, 11) is 0. The predicted octanol–water partition coefficient (Wildman–Crippen LogP) is 3.17. The molecule has 0 N–H and O–H groups in total. The Morgan fingerprint density at radius 1 is 1.24 bits per heavy atom. The molecule has 3 heteroatoms. The van der Waals surface area contributed by atoms with Crippen LogP contribution in [0.25, 0.3) is 0 Å². The van der Waals surface area contributed by atoms with Crippen molar-refractivity contribution in [1.29, 1.82) is 0 Å². The average molecular weight is 242 g/mol. The van der Waals surface area contributed by atoms with Crippen molar-refractivity contribution < 1.29 is 14.3 Å². The van der Waals surface area contributed by atoms with Gasteiger partial charge in [-0.3, -0.25) is 4.79 Å². The topological polar surface area (TPSA) is 35.5 Å². The van der Waals surface area contributed by atoms with E-state index in [0.29, 0.717) is 19.6 Å². The maximum atomic E-state index is 11.5. The maximum absolute atomic E-state index is 11.5. The van der Waals surface area contributed by atoms with Gasteiger partial charge in [0, 0.05) is 12.0 Å². The van der Waals surface area contributed by atoms with Crippen molar-refractivity contribution >= 4 is 5.97 Å². The van der Waals surface area contributed by atoms with E-state index < -0.39 is 0 Å². The first-order chi connectivity index (χ1) is 7.91. The average Bonchev–Trinajstić information content (AvgIpc) is 3.02. The molecular formula is C14H26O3. The first kappa shape index (κ1) is 14.5. The quantitative estimate of drug-likeness (QED) is 0.508. The van der Waals surface area contributed by atoms with E-state index in [4.69, 9.17) is 9.47 Å². The molecule has 100 valence electrons. The van der Waals surface area contributed by atoms with Crippen LogP contribution in [0, 0.1) is 10.8 Å². The Bertz CT molecular complexity index is 249. The Kier molecular flexibility index (Phi) is 4.99. The fraction of sp³-hybridized carbons (Fsp3) is 0.929. The molecule has 1 aliphatic rings. The number of rotatable bonds is 7. The van der Waals surface area contributed by atoms with E-state index in [1.807, 2.05) is 0 Å². The molecule has 0 radical (unpaired) electrons. The number of hydrogen-bond acceptors (Lipinski definition) is 3. The van der Waals surface area contributed by atoms with Gasteiger partial charge in [0.25, 0.3) is 0 Å². The van der Waals surface area contributed by atoms with Gasteiger partial charge in [0.2, 0.25) is 0 Å². The fourth-order valence-electron chi connectivity index (χ4n) is 1.95. The van der Waals surface area contributed by atoms with Gasteiger partial charge < -0.3 is 9.47 Å². The molecule has 1 aliphatic carbocycles. The van der Waals surface area contributed by atoms with Gasteiger partial charge in [0.1, 0.15) is 0 Å². The first-order valence-electron chi connectivity index (χ1n) is 6.65. The fourth-order valence-corrected chi connectivity index (χ4v) is 1.95.